The van der Waals surface area contributed by atoms with Gasteiger partial charge in [0.05, 0.1) is 33.6 Å². The Labute approximate surface area is 263 Å². The average Bonchev–Trinajstić information content (AvgIpc) is 3.46. The van der Waals surface area contributed by atoms with Gasteiger partial charge in [0.1, 0.15) is 5.75 Å². The number of amides is 1. The van der Waals surface area contributed by atoms with Crippen LogP contribution in [0.15, 0.2) is 60.8 Å². The minimum Gasteiger partial charge on any atom is -0.493 e. The van der Waals surface area contributed by atoms with Crippen molar-refractivity contribution in [1.82, 2.24) is 20.1 Å². The number of halogens is 2. The number of hydrogen-bond donors (Lipinski definition) is 1. The lowest BCUT2D eigenvalue weighted by Gasteiger charge is -2.41. The molecule has 1 amide bonds. The molecular weight excluding hydrogens is 595 g/mol. The Morgan fingerprint density at radius 2 is 2.00 bits per heavy atom. The van der Waals surface area contributed by atoms with E-state index < -0.39 is 11.5 Å². The maximum atomic E-state index is 13.8. The van der Waals surface area contributed by atoms with Crippen LogP contribution in [0.4, 0.5) is 8.78 Å². The third-order valence-corrected chi connectivity index (χ3v) is 10.9. The molecule has 1 saturated carbocycles. The molecule has 3 aliphatic rings. The van der Waals surface area contributed by atoms with Crippen molar-refractivity contribution < 1.29 is 18.3 Å². The third kappa shape index (κ3) is 5.80. The van der Waals surface area contributed by atoms with Gasteiger partial charge >= 0.3 is 0 Å². The molecule has 0 spiro atoms. The van der Waals surface area contributed by atoms with Crippen LogP contribution in [0.3, 0.4) is 0 Å². The zero-order valence-corrected chi connectivity index (χ0v) is 26.7. The number of nitrogens with zero attached hydrogens (tertiary/aromatic N) is 3. The Kier molecular flexibility index (Phi) is 7.59. The number of aromatic nitrogens is 1. The molecule has 6 nitrogen and oxygen atoms in total. The molecule has 1 N–H and O–H groups in total. The van der Waals surface area contributed by atoms with Crippen LogP contribution >= 0.6 is 11.3 Å². The first-order valence-electron chi connectivity index (χ1n) is 15.2. The number of benzene rings is 2. The van der Waals surface area contributed by atoms with E-state index in [4.69, 9.17) is 4.74 Å². The fraction of sp³-hybridized carbons (Fsp3) is 0.412. The summed E-state index contributed by atoms with van der Waals surface area (Å²) in [6, 6.07) is 18.3. The summed E-state index contributed by atoms with van der Waals surface area (Å²) in [7, 11) is 5.82. The Morgan fingerprint density at radius 3 is 2.70 bits per heavy atom. The van der Waals surface area contributed by atoms with Crippen LogP contribution in [0.5, 0.6) is 5.75 Å². The number of pyridine rings is 1. The van der Waals surface area contributed by atoms with Crippen molar-refractivity contribution in [2.24, 2.45) is 0 Å². The number of aryl methyl sites for hydroxylation is 1. The maximum absolute atomic E-state index is 13.8. The van der Waals surface area contributed by atoms with Crippen molar-refractivity contribution in [1.29, 1.82) is 0 Å². The van der Waals surface area contributed by atoms with E-state index in [1.807, 2.05) is 42.2 Å². The van der Waals surface area contributed by atoms with Crippen LogP contribution in [0, 0.1) is 6.92 Å². The summed E-state index contributed by atoms with van der Waals surface area (Å²) < 4.78 is 33.7. The Balaban J connectivity index is 1.14. The summed E-state index contributed by atoms with van der Waals surface area (Å²) in [6.07, 6.45) is 4.44. The second-order valence-electron chi connectivity index (χ2n) is 12.6. The van der Waals surface area contributed by atoms with Gasteiger partial charge in [-0.15, -0.1) is 11.3 Å². The van der Waals surface area contributed by atoms with Crippen molar-refractivity contribution >= 4 is 38.4 Å². The highest BCUT2D eigenvalue weighted by Crippen LogP contribution is 2.49. The van der Waals surface area contributed by atoms with Gasteiger partial charge < -0.3 is 15.0 Å². The molecule has 44 heavy (non-hydrogen) atoms. The lowest BCUT2D eigenvalue weighted by atomic mass is 9.95. The van der Waals surface area contributed by atoms with E-state index in [0.717, 1.165) is 63.2 Å². The van der Waals surface area contributed by atoms with Gasteiger partial charge in [0.25, 0.3) is 11.8 Å². The van der Waals surface area contributed by atoms with Crippen molar-refractivity contribution in [3.05, 3.63) is 82.4 Å². The zero-order valence-electron chi connectivity index (χ0n) is 24.9. The first-order valence-corrected chi connectivity index (χ1v) is 16.6. The minimum atomic E-state index is -2.60. The number of carbonyl (C=O) groups is 1. The van der Waals surface area contributed by atoms with Crippen LogP contribution < -0.4 is 10.1 Å². The molecule has 4 aromatic rings. The first kappa shape index (κ1) is 29.5. The van der Waals surface area contributed by atoms with Gasteiger partial charge in [-0.2, -0.15) is 0 Å². The molecule has 4 heterocycles. The summed E-state index contributed by atoms with van der Waals surface area (Å²) in [5.41, 5.74) is 3.78. The SMILES string of the molecule is Cc1ccc(OC([Si])[C@@H]2CCN2C)cc1C(=O)NC1(c2cc(-c3ccc(CN4CCC(F)(F)C4)s3)cc3ncccc23)CC1. The van der Waals surface area contributed by atoms with Gasteiger partial charge in [0, 0.05) is 52.5 Å². The summed E-state index contributed by atoms with van der Waals surface area (Å²) in [6.45, 7) is 3.75. The number of likely N-dealkylation sites (N-methyl/N-ethyl adjacent to an activating group) is 1. The van der Waals surface area contributed by atoms with Gasteiger partial charge in [-0.1, -0.05) is 12.1 Å². The topological polar surface area (TPSA) is 57.7 Å². The number of alkyl halides is 2. The highest BCUT2D eigenvalue weighted by molar-refractivity contribution is 7.15. The molecule has 2 aromatic heterocycles. The molecule has 10 heteroatoms. The number of ether oxygens (including phenoxy) is 1. The molecule has 2 aliphatic heterocycles. The molecule has 2 atom stereocenters. The van der Waals surface area contributed by atoms with Crippen molar-refractivity contribution in [2.45, 2.75) is 62.4 Å². The van der Waals surface area contributed by atoms with Gasteiger partial charge in [0.15, 0.2) is 0 Å². The van der Waals surface area contributed by atoms with Crippen LogP contribution in [0.2, 0.25) is 0 Å². The monoisotopic (exact) mass is 629 g/mol. The second kappa shape index (κ2) is 11.3. The molecule has 3 radical (unpaired) electrons. The summed E-state index contributed by atoms with van der Waals surface area (Å²) in [5, 5.41) is 4.41. The summed E-state index contributed by atoms with van der Waals surface area (Å²) in [4.78, 5) is 24.7. The van der Waals surface area contributed by atoms with Crippen LogP contribution in [0.1, 0.15) is 52.0 Å². The molecule has 3 fully saturated rings. The van der Waals surface area contributed by atoms with E-state index in [9.17, 15) is 13.6 Å². The standard InChI is InChI=1S/C34H35F2N4O2SSi/c1-21-5-6-23(42-32(44)29-9-14-39(29)2)18-26(21)31(41)38-33(10-11-33)27-16-22(17-28-25(27)4-3-13-37-28)30-8-7-24(43-30)19-40-15-12-34(35,36)20-40/h3-8,13,16-18,29,32H,9-12,14-15,19-20H2,1-2H3,(H,38,41)/t29-,32?/m0/s1. The van der Waals surface area contributed by atoms with E-state index in [1.54, 1.807) is 17.5 Å². The fourth-order valence-electron chi connectivity index (χ4n) is 6.44. The molecule has 1 unspecified atom stereocenters. The molecular formula is C34H35F2N4O2SSi. The number of rotatable bonds is 9. The Morgan fingerprint density at radius 1 is 1.16 bits per heavy atom. The number of thiophene rings is 1. The molecule has 2 saturated heterocycles. The predicted molar refractivity (Wildman–Crippen MR) is 171 cm³/mol. The lowest BCUT2D eigenvalue weighted by Crippen LogP contribution is -2.53. The molecule has 1 aliphatic carbocycles. The number of nitrogens with one attached hydrogen (secondary N) is 1. The van der Waals surface area contributed by atoms with E-state index in [-0.39, 0.29) is 24.6 Å². The molecule has 0 bridgehead atoms. The van der Waals surface area contributed by atoms with E-state index >= 15 is 0 Å². The highest BCUT2D eigenvalue weighted by atomic mass is 32.1. The predicted octanol–water partition coefficient (Wildman–Crippen LogP) is 6.11. The van der Waals surface area contributed by atoms with Crippen LogP contribution in [-0.4, -0.2) is 75.3 Å². The Hall–Kier alpha value is -3.18. The van der Waals surface area contributed by atoms with Crippen molar-refractivity contribution in [3.8, 4) is 16.2 Å². The smallest absolute Gasteiger partial charge is 0.261 e. The number of hydrogen-bond acceptors (Lipinski definition) is 6. The van der Waals surface area contributed by atoms with Crippen molar-refractivity contribution in [2.75, 3.05) is 26.7 Å². The maximum Gasteiger partial charge on any atom is 0.261 e. The van der Waals surface area contributed by atoms with Gasteiger partial charge in [-0.25, -0.2) is 8.78 Å². The Bertz CT molecular complexity index is 1720. The average molecular weight is 630 g/mol. The molecule has 7 rings (SSSR count). The quantitative estimate of drug-likeness (QED) is 0.227. The summed E-state index contributed by atoms with van der Waals surface area (Å²) in [5.74, 6) is -2.06. The van der Waals surface area contributed by atoms with E-state index in [2.05, 4.69) is 56.8 Å². The van der Waals surface area contributed by atoms with Gasteiger partial charge in [0.2, 0.25) is 0 Å². The van der Waals surface area contributed by atoms with E-state index in [0.29, 0.717) is 30.4 Å². The number of fused-ring (bicyclic) bond motifs is 1. The fourth-order valence-corrected chi connectivity index (χ4v) is 8.03. The van der Waals surface area contributed by atoms with E-state index in [1.165, 1.54) is 0 Å². The van der Waals surface area contributed by atoms with Crippen LogP contribution in [-0.2, 0) is 12.1 Å². The third-order valence-electron chi connectivity index (χ3n) is 9.32. The van der Waals surface area contributed by atoms with Gasteiger partial charge in [-0.3, -0.25) is 14.7 Å². The minimum absolute atomic E-state index is 0.0788. The van der Waals surface area contributed by atoms with Crippen molar-refractivity contribution in [3.63, 3.8) is 0 Å². The summed E-state index contributed by atoms with van der Waals surface area (Å²) >= 11 is 1.63. The number of carbonyl (C=O) groups excluding carboxylic acids is 1. The van der Waals surface area contributed by atoms with Crippen LogP contribution in [0.25, 0.3) is 21.3 Å². The number of likely N-dealkylation sites (tertiary alicyclic amines) is 2. The van der Waals surface area contributed by atoms with Gasteiger partial charge in [-0.05, 0) is 98.9 Å². The molecule has 2 aromatic carbocycles. The lowest BCUT2D eigenvalue weighted by molar-refractivity contribution is 0.0116. The highest BCUT2D eigenvalue weighted by Gasteiger charge is 2.47. The second-order valence-corrected chi connectivity index (χ2v) is 14.3. The zero-order chi connectivity index (χ0) is 30.6. The molecule has 227 valence electrons. The normalized spacial score (nSPS) is 21.6. The largest absolute Gasteiger partial charge is 0.493 e. The first-order chi connectivity index (χ1) is 21.1.